The molecule has 1 unspecified atom stereocenters. The van der Waals surface area contributed by atoms with Crippen molar-refractivity contribution in [1.82, 2.24) is 4.90 Å². The van der Waals surface area contributed by atoms with E-state index in [9.17, 15) is 0 Å². The lowest BCUT2D eigenvalue weighted by Crippen LogP contribution is -2.29. The maximum Gasteiger partial charge on any atom is 0.0593 e. The highest BCUT2D eigenvalue weighted by molar-refractivity contribution is 7.80. The normalized spacial score (nSPS) is 13.5. The van der Waals surface area contributed by atoms with Crippen LogP contribution in [0.3, 0.4) is 0 Å². The Balaban J connectivity index is 3.51. The zero-order chi connectivity index (χ0) is 10.8. The van der Waals surface area contributed by atoms with Crippen LogP contribution in [0, 0.1) is 5.92 Å². The van der Waals surface area contributed by atoms with Crippen molar-refractivity contribution < 1.29 is 4.74 Å². The first-order valence-electron chi connectivity index (χ1n) is 5.61. The third-order valence-electron chi connectivity index (χ3n) is 2.35. The minimum absolute atomic E-state index is 0.731. The Morgan fingerprint density at radius 2 is 2.07 bits per heavy atom. The summed E-state index contributed by atoms with van der Waals surface area (Å²) in [6.45, 7) is 8.10. The molecule has 1 atom stereocenters. The second-order valence-corrected chi connectivity index (χ2v) is 4.16. The van der Waals surface area contributed by atoms with Crippen LogP contribution in [0.4, 0.5) is 0 Å². The topological polar surface area (TPSA) is 12.5 Å². The summed E-state index contributed by atoms with van der Waals surface area (Å²) in [5.41, 5.74) is 0. The minimum Gasteiger partial charge on any atom is -0.380 e. The quantitative estimate of drug-likeness (QED) is 0.472. The molecule has 0 aliphatic rings. The maximum atomic E-state index is 5.32. The van der Waals surface area contributed by atoms with Gasteiger partial charge in [0, 0.05) is 19.7 Å². The predicted molar refractivity (Wildman–Crippen MR) is 66.2 cm³/mol. The highest BCUT2D eigenvalue weighted by Gasteiger charge is 2.08. The number of hydrogen-bond acceptors (Lipinski definition) is 3. The van der Waals surface area contributed by atoms with Crippen LogP contribution in [0.1, 0.15) is 26.7 Å². The Bertz CT molecular complexity index is 122. The third kappa shape index (κ3) is 7.65. The van der Waals surface area contributed by atoms with E-state index in [1.807, 2.05) is 6.92 Å². The second-order valence-electron chi connectivity index (χ2n) is 3.80. The van der Waals surface area contributed by atoms with Gasteiger partial charge in [0.1, 0.15) is 0 Å². The van der Waals surface area contributed by atoms with Gasteiger partial charge in [-0.3, -0.25) is 0 Å². The largest absolute Gasteiger partial charge is 0.380 e. The fourth-order valence-electron chi connectivity index (χ4n) is 1.55. The second kappa shape index (κ2) is 9.81. The lowest BCUT2D eigenvalue weighted by molar-refractivity contribution is 0.117. The first-order chi connectivity index (χ1) is 6.74. The summed E-state index contributed by atoms with van der Waals surface area (Å²) in [6, 6.07) is 0. The van der Waals surface area contributed by atoms with E-state index in [1.54, 1.807) is 0 Å². The van der Waals surface area contributed by atoms with Gasteiger partial charge in [0.25, 0.3) is 0 Å². The fourth-order valence-corrected chi connectivity index (χ4v) is 1.84. The van der Waals surface area contributed by atoms with Gasteiger partial charge in [-0.05, 0) is 32.1 Å². The van der Waals surface area contributed by atoms with Crippen LogP contribution in [0.25, 0.3) is 0 Å². The van der Waals surface area contributed by atoms with E-state index in [0.29, 0.717) is 0 Å². The van der Waals surface area contributed by atoms with E-state index in [1.165, 1.54) is 12.8 Å². The van der Waals surface area contributed by atoms with Crippen LogP contribution in [0.5, 0.6) is 0 Å². The van der Waals surface area contributed by atoms with Crippen LogP contribution in [-0.2, 0) is 4.74 Å². The molecule has 0 aromatic rings. The van der Waals surface area contributed by atoms with E-state index in [0.717, 1.165) is 38.0 Å². The Morgan fingerprint density at radius 3 is 2.57 bits per heavy atom. The molecule has 0 radical (unpaired) electrons. The van der Waals surface area contributed by atoms with Crippen molar-refractivity contribution in [2.45, 2.75) is 26.7 Å². The molecule has 0 aromatic heterocycles. The number of rotatable bonds is 9. The number of thiol groups is 1. The van der Waals surface area contributed by atoms with Crippen molar-refractivity contribution in [2.75, 3.05) is 39.1 Å². The summed E-state index contributed by atoms with van der Waals surface area (Å²) >= 11 is 4.38. The average molecular weight is 219 g/mol. The third-order valence-corrected chi connectivity index (χ3v) is 2.86. The van der Waals surface area contributed by atoms with Crippen LogP contribution in [0.2, 0.25) is 0 Å². The average Bonchev–Trinajstić information content (AvgIpc) is 2.17. The molecule has 0 aromatic carbocycles. The number of likely N-dealkylation sites (N-methyl/N-ethyl adjacent to an activating group) is 1. The lowest BCUT2D eigenvalue weighted by Gasteiger charge is -2.22. The van der Waals surface area contributed by atoms with Crippen molar-refractivity contribution in [3.05, 3.63) is 0 Å². The van der Waals surface area contributed by atoms with E-state index in [2.05, 4.69) is 31.5 Å². The van der Waals surface area contributed by atoms with E-state index in [4.69, 9.17) is 4.74 Å². The van der Waals surface area contributed by atoms with Gasteiger partial charge in [-0.15, -0.1) is 0 Å². The first kappa shape index (κ1) is 14.3. The van der Waals surface area contributed by atoms with Crippen LogP contribution < -0.4 is 0 Å². The van der Waals surface area contributed by atoms with Crippen molar-refractivity contribution in [3.63, 3.8) is 0 Å². The van der Waals surface area contributed by atoms with Gasteiger partial charge < -0.3 is 9.64 Å². The van der Waals surface area contributed by atoms with Gasteiger partial charge in [-0.1, -0.05) is 13.3 Å². The van der Waals surface area contributed by atoms with Crippen molar-refractivity contribution in [2.24, 2.45) is 5.92 Å². The predicted octanol–water partition coefficient (Wildman–Crippen LogP) is 2.30. The molecule has 0 aliphatic carbocycles. The highest BCUT2D eigenvalue weighted by atomic mass is 32.1. The molecule has 0 N–H and O–H groups in total. The van der Waals surface area contributed by atoms with Crippen LogP contribution in [-0.4, -0.2) is 44.0 Å². The molecule has 3 heteroatoms. The van der Waals surface area contributed by atoms with E-state index in [-0.39, 0.29) is 0 Å². The fraction of sp³-hybridized carbons (Fsp3) is 1.00. The molecule has 0 saturated heterocycles. The molecule has 86 valence electrons. The molecule has 0 spiro atoms. The summed E-state index contributed by atoms with van der Waals surface area (Å²) in [4.78, 5) is 2.34. The first-order valence-corrected chi connectivity index (χ1v) is 6.24. The molecule has 2 nitrogen and oxygen atoms in total. The minimum atomic E-state index is 0.731. The van der Waals surface area contributed by atoms with Crippen molar-refractivity contribution in [1.29, 1.82) is 0 Å². The summed E-state index contributed by atoms with van der Waals surface area (Å²) in [5, 5.41) is 0. The Labute approximate surface area is 94.4 Å². The van der Waals surface area contributed by atoms with Crippen LogP contribution >= 0.6 is 12.6 Å². The Hall–Kier alpha value is 0.270. The van der Waals surface area contributed by atoms with Crippen LogP contribution in [0.15, 0.2) is 0 Å². The van der Waals surface area contributed by atoms with Gasteiger partial charge in [-0.25, -0.2) is 0 Å². The molecule has 0 fully saturated rings. The standard InChI is InChI=1S/C11H25NOS/c1-4-6-11(10-14)9-12(3)7-8-13-5-2/h11,14H,4-10H2,1-3H3. The highest BCUT2D eigenvalue weighted by Crippen LogP contribution is 2.09. The maximum absolute atomic E-state index is 5.32. The van der Waals surface area contributed by atoms with Gasteiger partial charge in [0.2, 0.25) is 0 Å². The number of nitrogens with zero attached hydrogens (tertiary/aromatic N) is 1. The molecule has 0 saturated carbocycles. The molecule has 0 bridgehead atoms. The SMILES string of the molecule is CCCC(CS)CN(C)CCOCC. The van der Waals surface area contributed by atoms with Gasteiger partial charge in [-0.2, -0.15) is 12.6 Å². The Kier molecular flexibility index (Phi) is 10.0. The molecule has 0 amide bonds. The van der Waals surface area contributed by atoms with Gasteiger partial charge in [0.15, 0.2) is 0 Å². The molecular formula is C11H25NOS. The summed E-state index contributed by atoms with van der Waals surface area (Å²) < 4.78 is 5.32. The smallest absolute Gasteiger partial charge is 0.0593 e. The molecule has 0 aliphatic heterocycles. The molecular weight excluding hydrogens is 194 g/mol. The number of ether oxygens (including phenoxy) is 1. The summed E-state index contributed by atoms with van der Waals surface area (Å²) in [5.74, 6) is 1.72. The van der Waals surface area contributed by atoms with Gasteiger partial charge >= 0.3 is 0 Å². The van der Waals surface area contributed by atoms with Crippen molar-refractivity contribution >= 4 is 12.6 Å². The summed E-state index contributed by atoms with van der Waals surface area (Å²) in [7, 11) is 2.16. The lowest BCUT2D eigenvalue weighted by atomic mass is 10.1. The Morgan fingerprint density at radius 1 is 1.36 bits per heavy atom. The molecule has 0 heterocycles. The van der Waals surface area contributed by atoms with E-state index < -0.39 is 0 Å². The monoisotopic (exact) mass is 219 g/mol. The number of hydrogen-bond donors (Lipinski definition) is 1. The molecule has 0 rings (SSSR count). The molecule has 14 heavy (non-hydrogen) atoms. The zero-order valence-electron chi connectivity index (χ0n) is 9.83. The zero-order valence-corrected chi connectivity index (χ0v) is 10.7. The van der Waals surface area contributed by atoms with Gasteiger partial charge in [0.05, 0.1) is 6.61 Å². The van der Waals surface area contributed by atoms with E-state index >= 15 is 0 Å². The van der Waals surface area contributed by atoms with Crippen molar-refractivity contribution in [3.8, 4) is 0 Å². The summed E-state index contributed by atoms with van der Waals surface area (Å²) in [6.07, 6.45) is 2.53.